The maximum Gasteiger partial charge on any atom is 0.240 e. The van der Waals surface area contributed by atoms with Crippen LogP contribution in [0, 0.1) is 5.82 Å². The number of rotatable bonds is 4. The Balaban J connectivity index is 0.00000220. The van der Waals surface area contributed by atoms with Gasteiger partial charge in [-0.15, -0.1) is 12.4 Å². The van der Waals surface area contributed by atoms with Gasteiger partial charge >= 0.3 is 0 Å². The molecule has 1 heterocycles. The summed E-state index contributed by atoms with van der Waals surface area (Å²) in [5, 5.41) is 3.17. The summed E-state index contributed by atoms with van der Waals surface area (Å²) in [5.74, 6) is -0.705. The lowest BCUT2D eigenvalue weighted by Crippen LogP contribution is -2.45. The van der Waals surface area contributed by atoms with Crippen molar-refractivity contribution in [3.8, 4) is 0 Å². The molecule has 0 bridgehead atoms. The SMILES string of the molecule is Cl.Fc1c(Cl)ccc(Cl)c1[C@H](CC(F)F)N1CCNCC1. The highest BCUT2D eigenvalue weighted by Crippen LogP contribution is 2.36. The molecule has 0 aliphatic carbocycles. The zero-order valence-electron chi connectivity index (χ0n) is 11.1. The first-order chi connectivity index (χ1) is 9.50. The Morgan fingerprint density at radius 3 is 2.29 bits per heavy atom. The molecule has 1 fully saturated rings. The molecule has 0 saturated carbocycles. The Hall–Kier alpha value is -0.200. The third kappa shape index (κ3) is 4.63. The predicted molar refractivity (Wildman–Crippen MR) is 81.5 cm³/mol. The lowest BCUT2D eigenvalue weighted by atomic mass is 10.0. The maximum absolute atomic E-state index is 14.2. The fourth-order valence-corrected chi connectivity index (χ4v) is 2.90. The van der Waals surface area contributed by atoms with Crippen LogP contribution in [0.5, 0.6) is 0 Å². The third-order valence-electron chi connectivity index (χ3n) is 3.41. The quantitative estimate of drug-likeness (QED) is 0.808. The van der Waals surface area contributed by atoms with Gasteiger partial charge in [-0.25, -0.2) is 13.2 Å². The van der Waals surface area contributed by atoms with Crippen LogP contribution < -0.4 is 5.32 Å². The largest absolute Gasteiger partial charge is 0.314 e. The van der Waals surface area contributed by atoms with Gasteiger partial charge in [-0.05, 0) is 12.1 Å². The van der Waals surface area contributed by atoms with Gasteiger partial charge in [-0.2, -0.15) is 0 Å². The van der Waals surface area contributed by atoms with Crippen LogP contribution in [0.1, 0.15) is 18.0 Å². The molecule has 2 nitrogen and oxygen atoms in total. The summed E-state index contributed by atoms with van der Waals surface area (Å²) in [5.41, 5.74) is 0.0707. The predicted octanol–water partition coefficient (Wildman–Crippen LogP) is 4.16. The van der Waals surface area contributed by atoms with Gasteiger partial charge in [0.05, 0.1) is 5.02 Å². The van der Waals surface area contributed by atoms with Crippen molar-refractivity contribution in [2.75, 3.05) is 26.2 Å². The average Bonchev–Trinajstić information content (AvgIpc) is 2.43. The highest BCUT2D eigenvalue weighted by Gasteiger charge is 2.30. The number of alkyl halides is 2. The van der Waals surface area contributed by atoms with Crippen LogP contribution in [0.15, 0.2) is 12.1 Å². The van der Waals surface area contributed by atoms with Gasteiger partial charge in [0, 0.05) is 49.2 Å². The molecule has 1 aliphatic rings. The summed E-state index contributed by atoms with van der Waals surface area (Å²) in [6.45, 7) is 2.50. The van der Waals surface area contributed by atoms with Gasteiger partial charge in [0.1, 0.15) is 5.82 Å². The highest BCUT2D eigenvalue weighted by molar-refractivity contribution is 6.33. The Morgan fingerprint density at radius 1 is 1.14 bits per heavy atom. The molecule has 1 aromatic carbocycles. The van der Waals surface area contributed by atoms with Crippen LogP contribution in [-0.2, 0) is 0 Å². The summed E-state index contributed by atoms with van der Waals surface area (Å²) in [6, 6.07) is 2.02. The molecule has 0 aromatic heterocycles. The molecule has 21 heavy (non-hydrogen) atoms. The zero-order chi connectivity index (χ0) is 14.7. The van der Waals surface area contributed by atoms with E-state index < -0.39 is 24.7 Å². The van der Waals surface area contributed by atoms with Crippen LogP contribution in [0.4, 0.5) is 13.2 Å². The molecule has 8 heteroatoms. The molecule has 1 aliphatic heterocycles. The smallest absolute Gasteiger partial charge is 0.240 e. The molecular weight excluding hydrogens is 348 g/mol. The fraction of sp³-hybridized carbons (Fsp3) is 0.538. The summed E-state index contributed by atoms with van der Waals surface area (Å²) < 4.78 is 39.9. The van der Waals surface area contributed by atoms with Crippen LogP contribution in [0.25, 0.3) is 0 Å². The van der Waals surface area contributed by atoms with E-state index in [0.29, 0.717) is 26.2 Å². The van der Waals surface area contributed by atoms with Crippen molar-refractivity contribution in [3.05, 3.63) is 33.6 Å². The number of nitrogens with zero attached hydrogens (tertiary/aromatic N) is 1. The third-order valence-corrected chi connectivity index (χ3v) is 4.03. The minimum atomic E-state index is -2.54. The van der Waals surface area contributed by atoms with E-state index in [4.69, 9.17) is 23.2 Å². The summed E-state index contributed by atoms with van der Waals surface area (Å²) >= 11 is 11.8. The Kier molecular flexibility index (Phi) is 7.57. The second-order valence-corrected chi connectivity index (χ2v) is 5.50. The van der Waals surface area contributed by atoms with Crippen molar-refractivity contribution >= 4 is 35.6 Å². The van der Waals surface area contributed by atoms with Gasteiger partial charge in [-0.3, -0.25) is 4.90 Å². The molecule has 2 rings (SSSR count). The van der Waals surface area contributed by atoms with Gasteiger partial charge in [0.15, 0.2) is 0 Å². The summed E-state index contributed by atoms with van der Waals surface area (Å²) in [6.07, 6.45) is -3.00. The van der Waals surface area contributed by atoms with Gasteiger partial charge in [0.2, 0.25) is 6.43 Å². The van der Waals surface area contributed by atoms with E-state index >= 15 is 0 Å². The number of hydrogen-bond donors (Lipinski definition) is 1. The number of piperazine rings is 1. The minimum Gasteiger partial charge on any atom is -0.314 e. The lowest BCUT2D eigenvalue weighted by molar-refractivity contribution is 0.0726. The van der Waals surface area contributed by atoms with E-state index in [2.05, 4.69) is 5.32 Å². The molecule has 0 unspecified atom stereocenters. The van der Waals surface area contributed by atoms with Crippen molar-refractivity contribution in [1.29, 1.82) is 0 Å². The van der Waals surface area contributed by atoms with Crippen LogP contribution >= 0.6 is 35.6 Å². The zero-order valence-corrected chi connectivity index (χ0v) is 13.4. The first-order valence-corrected chi connectivity index (χ1v) is 7.12. The van der Waals surface area contributed by atoms with E-state index in [1.807, 2.05) is 4.90 Å². The van der Waals surface area contributed by atoms with Gasteiger partial charge in [0.25, 0.3) is 0 Å². The highest BCUT2D eigenvalue weighted by atomic mass is 35.5. The fourth-order valence-electron chi connectivity index (χ4n) is 2.46. The van der Waals surface area contributed by atoms with Crippen molar-refractivity contribution < 1.29 is 13.2 Å². The van der Waals surface area contributed by atoms with E-state index in [1.165, 1.54) is 12.1 Å². The molecule has 1 saturated heterocycles. The van der Waals surface area contributed by atoms with E-state index in [9.17, 15) is 13.2 Å². The lowest BCUT2D eigenvalue weighted by Gasteiger charge is -2.35. The molecular formula is C13H16Cl3F3N2. The topological polar surface area (TPSA) is 15.3 Å². The van der Waals surface area contributed by atoms with E-state index in [-0.39, 0.29) is 28.0 Å². The van der Waals surface area contributed by atoms with Crippen molar-refractivity contribution in [1.82, 2.24) is 10.2 Å². The van der Waals surface area contributed by atoms with Crippen molar-refractivity contribution in [2.45, 2.75) is 18.9 Å². The Bertz CT molecular complexity index is 468. The van der Waals surface area contributed by atoms with Crippen LogP contribution in [0.2, 0.25) is 10.0 Å². The minimum absolute atomic E-state index is 0. The molecule has 0 radical (unpaired) electrons. The average molecular weight is 364 g/mol. The molecule has 1 aromatic rings. The molecule has 1 atom stereocenters. The Labute approximate surface area is 138 Å². The van der Waals surface area contributed by atoms with Crippen molar-refractivity contribution in [2.24, 2.45) is 0 Å². The van der Waals surface area contributed by atoms with Crippen molar-refractivity contribution in [3.63, 3.8) is 0 Å². The van der Waals surface area contributed by atoms with E-state index in [0.717, 1.165) is 0 Å². The van der Waals surface area contributed by atoms with Crippen LogP contribution in [0.3, 0.4) is 0 Å². The normalized spacial score (nSPS) is 17.6. The Morgan fingerprint density at radius 2 is 1.71 bits per heavy atom. The first kappa shape index (κ1) is 18.8. The van der Waals surface area contributed by atoms with Crippen LogP contribution in [-0.4, -0.2) is 37.5 Å². The molecule has 1 N–H and O–H groups in total. The second kappa shape index (κ2) is 8.44. The second-order valence-electron chi connectivity index (χ2n) is 4.69. The summed E-state index contributed by atoms with van der Waals surface area (Å²) in [4.78, 5) is 1.82. The monoisotopic (exact) mass is 362 g/mol. The number of benzene rings is 1. The molecule has 0 spiro atoms. The molecule has 120 valence electrons. The number of hydrogen-bond acceptors (Lipinski definition) is 2. The number of halogens is 6. The molecule has 0 amide bonds. The van der Waals surface area contributed by atoms with Gasteiger partial charge < -0.3 is 5.32 Å². The van der Waals surface area contributed by atoms with Gasteiger partial charge in [-0.1, -0.05) is 23.2 Å². The first-order valence-electron chi connectivity index (χ1n) is 6.37. The standard InChI is InChI=1S/C13H15Cl2F3N2.ClH/c14-8-1-2-9(15)13(18)12(8)10(7-11(16)17)20-5-3-19-4-6-20;/h1-2,10-11,19H,3-7H2;1H/t10-;/m0./s1. The summed E-state index contributed by atoms with van der Waals surface area (Å²) in [7, 11) is 0. The number of nitrogens with one attached hydrogen (secondary N) is 1. The van der Waals surface area contributed by atoms with E-state index in [1.54, 1.807) is 0 Å². The maximum atomic E-state index is 14.2.